The van der Waals surface area contributed by atoms with E-state index >= 15 is 0 Å². The van der Waals surface area contributed by atoms with Crippen LogP contribution in [0.3, 0.4) is 0 Å². The summed E-state index contributed by atoms with van der Waals surface area (Å²) in [7, 11) is 0. The molecule has 2 aliphatic carbocycles. The lowest BCUT2D eigenvalue weighted by atomic mass is 9.84. The second-order valence-electron chi connectivity index (χ2n) is 6.93. The summed E-state index contributed by atoms with van der Waals surface area (Å²) in [5.74, 6) is 0.806. The van der Waals surface area contributed by atoms with Gasteiger partial charge in [0.25, 0.3) is 0 Å². The molecule has 2 saturated carbocycles. The van der Waals surface area contributed by atoms with Gasteiger partial charge in [-0.05, 0) is 50.9 Å². The first-order valence-electron chi connectivity index (χ1n) is 8.18. The molecule has 0 radical (unpaired) electrons. The summed E-state index contributed by atoms with van der Waals surface area (Å²) in [6, 6.07) is 0.825. The van der Waals surface area contributed by atoms with Gasteiger partial charge in [-0.25, -0.2) is 0 Å². The Morgan fingerprint density at radius 1 is 1.11 bits per heavy atom. The zero-order valence-electron chi connectivity index (χ0n) is 12.1. The molecular weight excluding hydrogens is 238 g/mol. The quantitative estimate of drug-likeness (QED) is 0.851. The first-order chi connectivity index (χ1) is 9.18. The molecule has 0 aromatic heterocycles. The van der Waals surface area contributed by atoms with Gasteiger partial charge >= 0.3 is 5.97 Å². The van der Waals surface area contributed by atoms with Crippen molar-refractivity contribution in [3.63, 3.8) is 0 Å². The van der Waals surface area contributed by atoms with E-state index in [1.807, 2.05) is 0 Å². The Morgan fingerprint density at radius 3 is 2.42 bits per heavy atom. The third-order valence-electron chi connectivity index (χ3n) is 5.98. The maximum Gasteiger partial charge on any atom is 0.320 e. The van der Waals surface area contributed by atoms with Crippen LogP contribution in [0.1, 0.15) is 64.7 Å². The average Bonchev–Trinajstić information content (AvgIpc) is 3.05. The first-order valence-corrected chi connectivity index (χ1v) is 8.18. The molecule has 1 saturated heterocycles. The minimum atomic E-state index is -0.584. The van der Waals surface area contributed by atoms with Gasteiger partial charge in [0.2, 0.25) is 0 Å². The van der Waals surface area contributed by atoms with Crippen LogP contribution >= 0.6 is 0 Å². The zero-order chi connectivity index (χ0) is 13.4. The van der Waals surface area contributed by atoms with Crippen LogP contribution in [0.2, 0.25) is 0 Å². The molecule has 19 heavy (non-hydrogen) atoms. The number of likely N-dealkylation sites (tertiary alicyclic amines) is 1. The Kier molecular flexibility index (Phi) is 3.84. The van der Waals surface area contributed by atoms with Gasteiger partial charge in [0.1, 0.15) is 6.04 Å². The number of hydrogen-bond acceptors (Lipinski definition) is 2. The molecule has 4 unspecified atom stereocenters. The average molecular weight is 265 g/mol. The first kappa shape index (κ1) is 13.4. The molecule has 3 nitrogen and oxygen atoms in total. The van der Waals surface area contributed by atoms with Crippen molar-refractivity contribution in [1.82, 2.24) is 4.90 Å². The fraction of sp³-hybridized carbons (Fsp3) is 0.938. The van der Waals surface area contributed by atoms with Crippen LogP contribution in [0.5, 0.6) is 0 Å². The number of aliphatic carboxylic acids is 1. The van der Waals surface area contributed by atoms with Crippen molar-refractivity contribution in [2.75, 3.05) is 0 Å². The Labute approximate surface area is 116 Å². The Morgan fingerprint density at radius 2 is 1.74 bits per heavy atom. The largest absolute Gasteiger partial charge is 0.480 e. The predicted molar refractivity (Wildman–Crippen MR) is 75.0 cm³/mol. The van der Waals surface area contributed by atoms with Gasteiger partial charge in [0.05, 0.1) is 0 Å². The SMILES string of the molecule is CC(C1CCCC1)N1C(C(=O)O)CC2CCCCC21. The van der Waals surface area contributed by atoms with E-state index in [1.54, 1.807) is 0 Å². The number of carboxylic acids is 1. The number of fused-ring (bicyclic) bond motifs is 1. The predicted octanol–water partition coefficient (Wildman–Crippen LogP) is 3.28. The number of rotatable bonds is 3. The lowest BCUT2D eigenvalue weighted by Crippen LogP contribution is -2.49. The van der Waals surface area contributed by atoms with E-state index < -0.39 is 5.97 Å². The van der Waals surface area contributed by atoms with Crippen molar-refractivity contribution in [1.29, 1.82) is 0 Å². The van der Waals surface area contributed by atoms with E-state index in [-0.39, 0.29) is 6.04 Å². The maximum atomic E-state index is 11.6. The van der Waals surface area contributed by atoms with Crippen LogP contribution in [0.25, 0.3) is 0 Å². The van der Waals surface area contributed by atoms with Gasteiger partial charge in [-0.3, -0.25) is 9.69 Å². The molecule has 3 heteroatoms. The van der Waals surface area contributed by atoms with Crippen LogP contribution in [-0.2, 0) is 4.79 Å². The second-order valence-corrected chi connectivity index (χ2v) is 6.93. The number of hydrogen-bond donors (Lipinski definition) is 1. The van der Waals surface area contributed by atoms with E-state index in [9.17, 15) is 9.90 Å². The highest BCUT2D eigenvalue weighted by atomic mass is 16.4. The van der Waals surface area contributed by atoms with Crippen molar-refractivity contribution in [2.24, 2.45) is 11.8 Å². The third-order valence-corrected chi connectivity index (χ3v) is 5.98. The molecular formula is C16H27NO2. The molecule has 1 N–H and O–H groups in total. The van der Waals surface area contributed by atoms with E-state index in [2.05, 4.69) is 11.8 Å². The molecule has 1 heterocycles. The Bertz CT molecular complexity index is 338. The lowest BCUT2D eigenvalue weighted by molar-refractivity contribution is -0.144. The standard InChI is InChI=1S/C16H27NO2/c1-11(12-6-2-3-7-12)17-14-9-5-4-8-13(14)10-15(17)16(18)19/h11-15H,2-10H2,1H3,(H,18,19). The molecule has 0 spiro atoms. The molecule has 0 aromatic carbocycles. The summed E-state index contributed by atoms with van der Waals surface area (Å²) in [4.78, 5) is 14.1. The van der Waals surface area contributed by atoms with E-state index in [4.69, 9.17) is 0 Å². The summed E-state index contributed by atoms with van der Waals surface area (Å²) in [6.45, 7) is 2.29. The monoisotopic (exact) mass is 265 g/mol. The van der Waals surface area contributed by atoms with Gasteiger partial charge in [-0.2, -0.15) is 0 Å². The fourth-order valence-electron chi connectivity index (χ4n) is 4.99. The maximum absolute atomic E-state index is 11.6. The van der Waals surface area contributed by atoms with Gasteiger partial charge in [0, 0.05) is 12.1 Å². The molecule has 0 bridgehead atoms. The molecule has 0 aromatic rings. The van der Waals surface area contributed by atoms with Gasteiger partial charge in [0.15, 0.2) is 0 Å². The van der Waals surface area contributed by atoms with Gasteiger partial charge in [-0.15, -0.1) is 0 Å². The molecule has 108 valence electrons. The fourth-order valence-corrected chi connectivity index (χ4v) is 4.99. The molecule has 1 aliphatic heterocycles. The van der Waals surface area contributed by atoms with Crippen LogP contribution in [0, 0.1) is 11.8 Å². The highest BCUT2D eigenvalue weighted by Gasteiger charge is 2.48. The molecule has 4 atom stereocenters. The third kappa shape index (κ3) is 2.42. The van der Waals surface area contributed by atoms with Gasteiger partial charge in [-0.1, -0.05) is 25.7 Å². The number of carbonyl (C=O) groups is 1. The van der Waals surface area contributed by atoms with Crippen molar-refractivity contribution in [3.05, 3.63) is 0 Å². The van der Waals surface area contributed by atoms with E-state index in [0.717, 1.165) is 12.3 Å². The summed E-state index contributed by atoms with van der Waals surface area (Å²) in [5.41, 5.74) is 0. The van der Waals surface area contributed by atoms with E-state index in [0.29, 0.717) is 18.0 Å². The molecule has 3 aliphatic rings. The zero-order valence-corrected chi connectivity index (χ0v) is 12.1. The molecule has 3 rings (SSSR count). The molecule has 0 amide bonds. The number of nitrogens with zero attached hydrogens (tertiary/aromatic N) is 1. The van der Waals surface area contributed by atoms with Crippen molar-refractivity contribution < 1.29 is 9.90 Å². The summed E-state index contributed by atoms with van der Waals surface area (Å²) in [5, 5.41) is 9.58. The summed E-state index contributed by atoms with van der Waals surface area (Å²) in [6.07, 6.45) is 11.3. The Hall–Kier alpha value is -0.570. The van der Waals surface area contributed by atoms with Crippen LogP contribution in [0.15, 0.2) is 0 Å². The second kappa shape index (κ2) is 5.43. The van der Waals surface area contributed by atoms with E-state index in [1.165, 1.54) is 51.4 Å². The minimum absolute atomic E-state index is 0.205. The highest BCUT2D eigenvalue weighted by Crippen LogP contribution is 2.43. The minimum Gasteiger partial charge on any atom is -0.480 e. The Balaban J connectivity index is 1.79. The van der Waals surface area contributed by atoms with Crippen LogP contribution in [-0.4, -0.2) is 34.1 Å². The number of carboxylic acid groups (broad SMARTS) is 1. The van der Waals surface area contributed by atoms with Crippen LogP contribution < -0.4 is 0 Å². The van der Waals surface area contributed by atoms with Crippen molar-refractivity contribution >= 4 is 5.97 Å². The topological polar surface area (TPSA) is 40.5 Å². The van der Waals surface area contributed by atoms with Crippen LogP contribution in [0.4, 0.5) is 0 Å². The summed E-state index contributed by atoms with van der Waals surface area (Å²) >= 11 is 0. The lowest BCUT2D eigenvalue weighted by Gasteiger charge is -2.39. The smallest absolute Gasteiger partial charge is 0.320 e. The normalized spacial score (nSPS) is 38.3. The highest BCUT2D eigenvalue weighted by molar-refractivity contribution is 5.74. The molecule has 3 fully saturated rings. The summed E-state index contributed by atoms with van der Waals surface area (Å²) < 4.78 is 0. The van der Waals surface area contributed by atoms with Gasteiger partial charge < -0.3 is 5.11 Å². The van der Waals surface area contributed by atoms with Crippen molar-refractivity contribution in [3.8, 4) is 0 Å². The van der Waals surface area contributed by atoms with Crippen molar-refractivity contribution in [2.45, 2.75) is 82.8 Å².